The first-order valence-electron chi connectivity index (χ1n) is 9.55. The first kappa shape index (κ1) is 18.7. The zero-order valence-corrected chi connectivity index (χ0v) is 16.7. The van der Waals surface area contributed by atoms with Crippen molar-refractivity contribution >= 4 is 34.4 Å². The van der Waals surface area contributed by atoms with Crippen LogP contribution in [0.5, 0.6) is 0 Å². The Hall–Kier alpha value is -2.70. The molecule has 1 aliphatic heterocycles. The van der Waals surface area contributed by atoms with Crippen LogP contribution in [0, 0.1) is 0 Å². The highest BCUT2D eigenvalue weighted by atomic mass is 32.1. The van der Waals surface area contributed by atoms with Gasteiger partial charge in [-0.2, -0.15) is 5.10 Å². The Balaban J connectivity index is 1.55. The molecule has 1 aliphatic rings. The third-order valence-electron chi connectivity index (χ3n) is 5.07. The maximum absolute atomic E-state index is 5.60. The van der Waals surface area contributed by atoms with Crippen molar-refractivity contribution in [2.24, 2.45) is 12.1 Å². The molecule has 3 aromatic rings. The van der Waals surface area contributed by atoms with E-state index in [0.29, 0.717) is 11.7 Å². The van der Waals surface area contributed by atoms with Crippen LogP contribution in [-0.2, 0) is 11.8 Å². The number of ether oxygens (including phenoxy) is 1. The fourth-order valence-corrected chi connectivity index (χ4v) is 3.84. The molecule has 1 unspecified atom stereocenters. The van der Waals surface area contributed by atoms with Gasteiger partial charge in [0.15, 0.2) is 5.11 Å². The van der Waals surface area contributed by atoms with Gasteiger partial charge >= 0.3 is 0 Å². The lowest BCUT2D eigenvalue weighted by Gasteiger charge is -2.11. The van der Waals surface area contributed by atoms with Crippen molar-refractivity contribution in [3.05, 3.63) is 60.2 Å². The molecule has 1 atom stereocenters. The summed E-state index contributed by atoms with van der Waals surface area (Å²) >= 11 is 5.33. The Bertz CT molecular complexity index is 990. The minimum atomic E-state index is 0.242. The molecule has 0 spiro atoms. The highest BCUT2D eigenvalue weighted by Gasteiger charge is 2.16. The maximum atomic E-state index is 5.60. The lowest BCUT2D eigenvalue weighted by atomic mass is 10.1. The lowest BCUT2D eigenvalue weighted by Crippen LogP contribution is -2.37. The average molecular weight is 393 g/mol. The maximum Gasteiger partial charge on any atom is 0.187 e. The number of nitrogens with one attached hydrogen (secondary N) is 2. The third kappa shape index (κ3) is 3.93. The lowest BCUT2D eigenvalue weighted by molar-refractivity contribution is 0.114. The number of para-hydroxylation sites is 1. The van der Waals surface area contributed by atoms with Gasteiger partial charge in [-0.15, -0.1) is 0 Å². The van der Waals surface area contributed by atoms with Crippen LogP contribution in [0.4, 0.5) is 0 Å². The van der Waals surface area contributed by atoms with E-state index in [0.717, 1.165) is 41.7 Å². The number of aryl methyl sites for hydroxylation is 1. The summed E-state index contributed by atoms with van der Waals surface area (Å²) in [6.45, 7) is 1.55. The fourth-order valence-electron chi connectivity index (χ4n) is 3.71. The average Bonchev–Trinajstić information content (AvgIpc) is 3.34. The molecule has 5 nitrogen and oxygen atoms in total. The number of thiocarbonyl (C=S) groups is 1. The normalized spacial score (nSPS) is 16.7. The molecule has 1 saturated heterocycles. The molecule has 0 bridgehead atoms. The third-order valence-corrected chi connectivity index (χ3v) is 5.30. The van der Waals surface area contributed by atoms with Gasteiger partial charge in [0.1, 0.15) is 0 Å². The van der Waals surface area contributed by atoms with Crippen molar-refractivity contribution < 1.29 is 4.74 Å². The summed E-state index contributed by atoms with van der Waals surface area (Å²) in [5, 5.41) is 9.25. The molecule has 6 heteroatoms. The zero-order valence-electron chi connectivity index (χ0n) is 15.9. The Morgan fingerprint density at radius 2 is 2.00 bits per heavy atom. The molecule has 2 N–H and O–H groups in total. The summed E-state index contributed by atoms with van der Waals surface area (Å²) < 4.78 is 7.81. The summed E-state index contributed by atoms with van der Waals surface area (Å²) in [7, 11) is 2.09. The number of hydrogen-bond donors (Lipinski definition) is 2. The predicted molar refractivity (Wildman–Crippen MR) is 119 cm³/mol. The van der Waals surface area contributed by atoms with Gasteiger partial charge in [0.25, 0.3) is 0 Å². The minimum Gasteiger partial charge on any atom is -0.376 e. The monoisotopic (exact) mass is 392 g/mol. The molecule has 2 aromatic carbocycles. The number of nitrogens with zero attached hydrogens (tertiary/aromatic N) is 2. The largest absolute Gasteiger partial charge is 0.376 e. The number of hydrazone groups is 1. The second-order valence-electron chi connectivity index (χ2n) is 6.92. The Labute approximate surface area is 170 Å². The predicted octanol–water partition coefficient (Wildman–Crippen LogP) is 3.82. The highest BCUT2D eigenvalue weighted by molar-refractivity contribution is 7.80. The smallest absolute Gasteiger partial charge is 0.187 e. The van der Waals surface area contributed by atoms with E-state index < -0.39 is 0 Å². The minimum absolute atomic E-state index is 0.242. The summed E-state index contributed by atoms with van der Waals surface area (Å²) in [5.74, 6) is 0. The first-order chi connectivity index (χ1) is 13.7. The van der Waals surface area contributed by atoms with Crippen LogP contribution in [0.1, 0.15) is 18.4 Å². The highest BCUT2D eigenvalue weighted by Crippen LogP contribution is 2.31. The number of benzene rings is 2. The van der Waals surface area contributed by atoms with E-state index in [9.17, 15) is 0 Å². The van der Waals surface area contributed by atoms with Gasteiger partial charge in [-0.05, 0) is 36.7 Å². The van der Waals surface area contributed by atoms with E-state index in [1.807, 2.05) is 12.3 Å². The molecule has 0 radical (unpaired) electrons. The van der Waals surface area contributed by atoms with E-state index in [1.54, 1.807) is 0 Å². The van der Waals surface area contributed by atoms with Crippen LogP contribution in [0.3, 0.4) is 0 Å². The summed E-state index contributed by atoms with van der Waals surface area (Å²) in [6.07, 6.45) is 4.29. The van der Waals surface area contributed by atoms with Crippen LogP contribution in [0.2, 0.25) is 0 Å². The second kappa shape index (κ2) is 8.54. The van der Waals surface area contributed by atoms with Crippen molar-refractivity contribution in [2.45, 2.75) is 18.9 Å². The van der Waals surface area contributed by atoms with E-state index in [2.05, 4.69) is 76.0 Å². The van der Waals surface area contributed by atoms with Crippen LogP contribution < -0.4 is 10.7 Å². The first-order valence-corrected chi connectivity index (χ1v) is 9.96. The van der Waals surface area contributed by atoms with Gasteiger partial charge in [-0.1, -0.05) is 48.5 Å². The molecule has 4 rings (SSSR count). The van der Waals surface area contributed by atoms with Gasteiger partial charge in [0.05, 0.1) is 18.0 Å². The summed E-state index contributed by atoms with van der Waals surface area (Å²) in [5.41, 5.74) is 7.45. The Morgan fingerprint density at radius 1 is 1.21 bits per heavy atom. The van der Waals surface area contributed by atoms with E-state index in [1.165, 1.54) is 5.52 Å². The fraction of sp³-hybridized carbons (Fsp3) is 0.273. The van der Waals surface area contributed by atoms with Gasteiger partial charge < -0.3 is 14.6 Å². The number of fused-ring (bicyclic) bond motifs is 1. The molecule has 0 aliphatic carbocycles. The SMILES string of the molecule is Cn1c(-c2ccccc2)c(/C=N/NC(=S)NCC2CCCO2)c2ccccc21. The molecule has 0 saturated carbocycles. The Morgan fingerprint density at radius 3 is 2.79 bits per heavy atom. The van der Waals surface area contributed by atoms with Crippen LogP contribution >= 0.6 is 12.2 Å². The van der Waals surface area contributed by atoms with Crippen molar-refractivity contribution in [2.75, 3.05) is 13.2 Å². The number of hydrogen-bond acceptors (Lipinski definition) is 3. The van der Waals surface area contributed by atoms with Gasteiger partial charge in [-0.3, -0.25) is 5.43 Å². The molecule has 2 heterocycles. The van der Waals surface area contributed by atoms with Crippen molar-refractivity contribution in [1.29, 1.82) is 0 Å². The van der Waals surface area contributed by atoms with E-state index in [-0.39, 0.29) is 6.10 Å². The number of rotatable bonds is 5. The molecular formula is C22H24N4OS. The van der Waals surface area contributed by atoms with Crippen molar-refractivity contribution in [1.82, 2.24) is 15.3 Å². The van der Waals surface area contributed by atoms with Crippen molar-refractivity contribution in [3.63, 3.8) is 0 Å². The molecule has 144 valence electrons. The van der Waals surface area contributed by atoms with Gasteiger partial charge in [0, 0.05) is 36.7 Å². The summed E-state index contributed by atoms with van der Waals surface area (Å²) in [6, 6.07) is 18.7. The topological polar surface area (TPSA) is 50.6 Å². The van der Waals surface area contributed by atoms with Crippen LogP contribution in [0.15, 0.2) is 59.7 Å². The second-order valence-corrected chi connectivity index (χ2v) is 7.33. The standard InChI is InChI=1S/C22H24N4OS/c1-26-20-12-6-5-11-18(20)19(21(26)16-8-3-2-4-9-16)15-24-25-22(28)23-14-17-10-7-13-27-17/h2-6,8-9,11-12,15,17H,7,10,13-14H2,1H3,(H2,23,25,28)/b24-15+. The quantitative estimate of drug-likeness (QED) is 0.394. The van der Waals surface area contributed by atoms with Gasteiger partial charge in [-0.25, -0.2) is 0 Å². The van der Waals surface area contributed by atoms with Crippen LogP contribution in [-0.4, -0.2) is 35.1 Å². The zero-order chi connectivity index (χ0) is 19.3. The Kier molecular flexibility index (Phi) is 5.69. The van der Waals surface area contributed by atoms with E-state index >= 15 is 0 Å². The molecule has 0 amide bonds. The summed E-state index contributed by atoms with van der Waals surface area (Å²) in [4.78, 5) is 0. The molecular weight excluding hydrogens is 368 g/mol. The van der Waals surface area contributed by atoms with E-state index in [4.69, 9.17) is 17.0 Å². The molecule has 28 heavy (non-hydrogen) atoms. The molecule has 1 aromatic heterocycles. The molecule has 1 fully saturated rings. The van der Waals surface area contributed by atoms with Crippen molar-refractivity contribution in [3.8, 4) is 11.3 Å². The van der Waals surface area contributed by atoms with Crippen LogP contribution in [0.25, 0.3) is 22.2 Å². The van der Waals surface area contributed by atoms with Gasteiger partial charge in [0.2, 0.25) is 0 Å². The number of aromatic nitrogens is 1.